The van der Waals surface area contributed by atoms with E-state index in [9.17, 15) is 0 Å². The first-order chi connectivity index (χ1) is 7.35. The number of methoxy groups -OCH3 is 2. The molecule has 0 bridgehead atoms. The summed E-state index contributed by atoms with van der Waals surface area (Å²) in [6.07, 6.45) is 0.859. The Labute approximate surface area is 91.8 Å². The van der Waals surface area contributed by atoms with Crippen molar-refractivity contribution < 1.29 is 18.9 Å². The average molecular weight is 221 g/mol. The molecule has 2 N–H and O–H groups in total. The molecule has 1 unspecified atom stereocenters. The van der Waals surface area contributed by atoms with Crippen LogP contribution < -0.4 is 5.73 Å². The molecule has 5 nitrogen and oxygen atoms in total. The van der Waals surface area contributed by atoms with Crippen LogP contribution in [0.1, 0.15) is 6.42 Å². The van der Waals surface area contributed by atoms with Gasteiger partial charge in [0, 0.05) is 34.0 Å². The van der Waals surface area contributed by atoms with E-state index in [2.05, 4.69) is 0 Å². The van der Waals surface area contributed by atoms with Gasteiger partial charge in [0.1, 0.15) is 0 Å². The van der Waals surface area contributed by atoms with Crippen LogP contribution in [0.2, 0.25) is 0 Å². The van der Waals surface area contributed by atoms with Crippen molar-refractivity contribution in [3.8, 4) is 0 Å². The first-order valence-corrected chi connectivity index (χ1v) is 5.22. The molecular weight excluding hydrogens is 198 g/mol. The van der Waals surface area contributed by atoms with Crippen molar-refractivity contribution in [1.82, 2.24) is 0 Å². The van der Waals surface area contributed by atoms with Crippen LogP contribution in [0.5, 0.6) is 0 Å². The summed E-state index contributed by atoms with van der Waals surface area (Å²) in [5.74, 6) is 0. The summed E-state index contributed by atoms with van der Waals surface area (Å²) in [6.45, 7) is 3.64. The molecule has 0 saturated carbocycles. The number of nitrogens with two attached hydrogens (primary N) is 1. The zero-order chi connectivity index (χ0) is 11.4. The molecule has 5 heteroatoms. The predicted molar refractivity (Wildman–Crippen MR) is 58.0 cm³/mol. The molecule has 92 valence electrons. The van der Waals surface area contributed by atoms with Crippen molar-refractivity contribution in [2.75, 3.05) is 53.8 Å². The highest BCUT2D eigenvalue weighted by molar-refractivity contribution is 4.56. The predicted octanol–water partition coefficient (Wildman–Crippen LogP) is 0.0298. The van der Waals surface area contributed by atoms with E-state index in [0.717, 1.165) is 6.42 Å². The van der Waals surface area contributed by atoms with Crippen molar-refractivity contribution >= 4 is 0 Å². The number of rotatable bonds is 11. The van der Waals surface area contributed by atoms with Crippen molar-refractivity contribution in [2.45, 2.75) is 12.5 Å². The van der Waals surface area contributed by atoms with Crippen molar-refractivity contribution in [1.29, 1.82) is 0 Å². The van der Waals surface area contributed by atoms with Gasteiger partial charge in [-0.1, -0.05) is 0 Å². The van der Waals surface area contributed by atoms with E-state index in [1.807, 2.05) is 0 Å². The van der Waals surface area contributed by atoms with Crippen molar-refractivity contribution in [3.05, 3.63) is 0 Å². The maximum atomic E-state index is 5.49. The van der Waals surface area contributed by atoms with E-state index in [1.165, 1.54) is 0 Å². The van der Waals surface area contributed by atoms with Gasteiger partial charge in [-0.25, -0.2) is 0 Å². The summed E-state index contributed by atoms with van der Waals surface area (Å²) >= 11 is 0. The SMILES string of the molecule is COCCOCCCOC(CN)COC. The minimum atomic E-state index is -0.00558. The van der Waals surface area contributed by atoms with Crippen LogP contribution in [0, 0.1) is 0 Å². The highest BCUT2D eigenvalue weighted by Crippen LogP contribution is 1.93. The Morgan fingerprint density at radius 3 is 2.40 bits per heavy atom. The third-order valence-electron chi connectivity index (χ3n) is 1.83. The van der Waals surface area contributed by atoms with Gasteiger partial charge in [0.25, 0.3) is 0 Å². The molecule has 0 spiro atoms. The average Bonchev–Trinajstić information content (AvgIpc) is 2.26. The first kappa shape index (κ1) is 14.8. The zero-order valence-electron chi connectivity index (χ0n) is 9.74. The van der Waals surface area contributed by atoms with E-state index in [-0.39, 0.29) is 6.10 Å². The number of ether oxygens (including phenoxy) is 4. The van der Waals surface area contributed by atoms with Crippen LogP contribution in [0.4, 0.5) is 0 Å². The molecule has 0 aromatic carbocycles. The van der Waals surface area contributed by atoms with E-state index in [4.69, 9.17) is 24.7 Å². The van der Waals surface area contributed by atoms with Gasteiger partial charge in [0.15, 0.2) is 0 Å². The monoisotopic (exact) mass is 221 g/mol. The number of hydrogen-bond donors (Lipinski definition) is 1. The Balaban J connectivity index is 3.14. The normalized spacial score (nSPS) is 13.0. The van der Waals surface area contributed by atoms with Crippen LogP contribution in [0.3, 0.4) is 0 Å². The Morgan fingerprint density at radius 1 is 1.00 bits per heavy atom. The summed E-state index contributed by atoms with van der Waals surface area (Å²) in [5.41, 5.74) is 5.49. The van der Waals surface area contributed by atoms with Crippen LogP contribution in [0.15, 0.2) is 0 Å². The van der Waals surface area contributed by atoms with Crippen molar-refractivity contribution in [2.24, 2.45) is 5.73 Å². The van der Waals surface area contributed by atoms with Gasteiger partial charge in [0.05, 0.1) is 25.9 Å². The highest BCUT2D eigenvalue weighted by atomic mass is 16.5. The molecule has 0 aliphatic carbocycles. The molecule has 0 aromatic rings. The second-order valence-corrected chi connectivity index (χ2v) is 3.14. The minimum absolute atomic E-state index is 0.00558. The van der Waals surface area contributed by atoms with E-state index < -0.39 is 0 Å². The molecule has 15 heavy (non-hydrogen) atoms. The van der Waals surface area contributed by atoms with Crippen molar-refractivity contribution in [3.63, 3.8) is 0 Å². The lowest BCUT2D eigenvalue weighted by Gasteiger charge is -2.14. The standard InChI is InChI=1S/C10H23NO4/c1-12-6-7-14-4-3-5-15-10(8-11)9-13-2/h10H,3-9,11H2,1-2H3. The fourth-order valence-electron chi connectivity index (χ4n) is 1.03. The third-order valence-corrected chi connectivity index (χ3v) is 1.83. The molecule has 1 atom stereocenters. The molecule has 0 rings (SSSR count). The van der Waals surface area contributed by atoms with E-state index in [1.54, 1.807) is 14.2 Å². The Kier molecular flexibility index (Phi) is 11.7. The second-order valence-electron chi connectivity index (χ2n) is 3.14. The van der Waals surface area contributed by atoms with E-state index >= 15 is 0 Å². The summed E-state index contributed by atoms with van der Waals surface area (Å²) in [4.78, 5) is 0. The molecule has 0 saturated heterocycles. The zero-order valence-corrected chi connectivity index (χ0v) is 9.74. The first-order valence-electron chi connectivity index (χ1n) is 5.22. The quantitative estimate of drug-likeness (QED) is 0.499. The summed E-state index contributed by atoms with van der Waals surface area (Å²) in [6, 6.07) is 0. The molecular formula is C10H23NO4. The number of hydrogen-bond acceptors (Lipinski definition) is 5. The van der Waals surface area contributed by atoms with Crippen LogP contribution in [-0.4, -0.2) is 59.9 Å². The largest absolute Gasteiger partial charge is 0.382 e. The molecule has 0 aliphatic heterocycles. The molecule has 0 amide bonds. The van der Waals surface area contributed by atoms with E-state index in [0.29, 0.717) is 39.6 Å². The second kappa shape index (κ2) is 11.9. The smallest absolute Gasteiger partial charge is 0.0930 e. The van der Waals surface area contributed by atoms with Gasteiger partial charge < -0.3 is 24.7 Å². The lowest BCUT2D eigenvalue weighted by molar-refractivity contribution is -0.00847. The summed E-state index contributed by atoms with van der Waals surface area (Å²) < 4.78 is 20.6. The molecule has 0 fully saturated rings. The fourth-order valence-corrected chi connectivity index (χ4v) is 1.03. The van der Waals surface area contributed by atoms with Gasteiger partial charge in [0.2, 0.25) is 0 Å². The van der Waals surface area contributed by atoms with Gasteiger partial charge in [-0.2, -0.15) is 0 Å². The molecule has 0 radical (unpaired) electrons. The summed E-state index contributed by atoms with van der Waals surface area (Å²) in [7, 11) is 3.29. The maximum absolute atomic E-state index is 5.49. The highest BCUT2D eigenvalue weighted by Gasteiger charge is 2.04. The Bertz CT molecular complexity index is 124. The molecule has 0 aliphatic rings. The lowest BCUT2D eigenvalue weighted by Crippen LogP contribution is -2.29. The summed E-state index contributed by atoms with van der Waals surface area (Å²) in [5, 5.41) is 0. The van der Waals surface area contributed by atoms with Crippen LogP contribution in [-0.2, 0) is 18.9 Å². The van der Waals surface area contributed by atoms with Gasteiger partial charge in [-0.15, -0.1) is 0 Å². The minimum Gasteiger partial charge on any atom is -0.382 e. The molecule has 0 aromatic heterocycles. The molecule has 0 heterocycles. The third kappa shape index (κ3) is 10.1. The topological polar surface area (TPSA) is 62.9 Å². The Hall–Kier alpha value is -0.200. The van der Waals surface area contributed by atoms with Gasteiger partial charge >= 0.3 is 0 Å². The fraction of sp³-hybridized carbons (Fsp3) is 1.00. The van der Waals surface area contributed by atoms with Crippen LogP contribution in [0.25, 0.3) is 0 Å². The lowest BCUT2D eigenvalue weighted by atomic mass is 10.4. The van der Waals surface area contributed by atoms with Crippen LogP contribution >= 0.6 is 0 Å². The van der Waals surface area contributed by atoms with Gasteiger partial charge in [-0.05, 0) is 6.42 Å². The maximum Gasteiger partial charge on any atom is 0.0930 e. The Morgan fingerprint density at radius 2 is 1.80 bits per heavy atom. The van der Waals surface area contributed by atoms with Gasteiger partial charge in [-0.3, -0.25) is 0 Å².